The van der Waals surface area contributed by atoms with E-state index in [2.05, 4.69) is 10.1 Å². The zero-order valence-electron chi connectivity index (χ0n) is 6.52. The van der Waals surface area contributed by atoms with E-state index in [0.29, 0.717) is 11.2 Å². The fraction of sp³-hybridized carbons (Fsp3) is 0.125. The van der Waals surface area contributed by atoms with Gasteiger partial charge in [0.15, 0.2) is 5.65 Å². The molecule has 0 unspecified atom stereocenters. The van der Waals surface area contributed by atoms with Gasteiger partial charge < -0.3 is 0 Å². The summed E-state index contributed by atoms with van der Waals surface area (Å²) < 4.78 is 1.70. The molecule has 0 saturated heterocycles. The molecule has 0 saturated carbocycles. The summed E-state index contributed by atoms with van der Waals surface area (Å²) >= 11 is 0. The summed E-state index contributed by atoms with van der Waals surface area (Å²) in [6.07, 6.45) is 3.26. The Morgan fingerprint density at radius 2 is 2.33 bits per heavy atom. The van der Waals surface area contributed by atoms with Crippen LogP contribution >= 0.6 is 0 Å². The van der Waals surface area contributed by atoms with Crippen LogP contribution in [0.25, 0.3) is 5.65 Å². The average molecular weight is 158 g/mol. The van der Waals surface area contributed by atoms with E-state index in [1.54, 1.807) is 16.8 Å². The zero-order chi connectivity index (χ0) is 8.55. The van der Waals surface area contributed by atoms with Crippen LogP contribution in [0.15, 0.2) is 18.5 Å². The SMILES string of the molecule is Cc1cnc2cc(C#N)cnn12. The van der Waals surface area contributed by atoms with Crippen molar-refractivity contribution in [2.75, 3.05) is 0 Å². The van der Waals surface area contributed by atoms with Crippen LogP contribution in [0.2, 0.25) is 0 Å². The Hall–Kier alpha value is -1.89. The molecule has 58 valence electrons. The van der Waals surface area contributed by atoms with Crippen molar-refractivity contribution in [1.82, 2.24) is 14.6 Å². The summed E-state index contributed by atoms with van der Waals surface area (Å²) in [7, 11) is 0. The Kier molecular flexibility index (Phi) is 1.31. The summed E-state index contributed by atoms with van der Waals surface area (Å²) in [5, 5.41) is 12.6. The second-order valence-electron chi connectivity index (χ2n) is 2.53. The highest BCUT2D eigenvalue weighted by molar-refractivity contribution is 5.44. The molecule has 0 bridgehead atoms. The normalized spacial score (nSPS) is 10.0. The number of imidazole rings is 1. The lowest BCUT2D eigenvalue weighted by molar-refractivity contribution is 0.896. The van der Waals surface area contributed by atoms with Gasteiger partial charge in [-0.2, -0.15) is 10.4 Å². The van der Waals surface area contributed by atoms with Gasteiger partial charge in [0.2, 0.25) is 0 Å². The van der Waals surface area contributed by atoms with Crippen molar-refractivity contribution in [1.29, 1.82) is 5.26 Å². The smallest absolute Gasteiger partial charge is 0.155 e. The van der Waals surface area contributed by atoms with Crippen LogP contribution in [-0.4, -0.2) is 14.6 Å². The molecule has 0 aliphatic carbocycles. The van der Waals surface area contributed by atoms with Crippen LogP contribution in [-0.2, 0) is 0 Å². The predicted octanol–water partition coefficient (Wildman–Crippen LogP) is 0.909. The molecule has 2 aromatic heterocycles. The zero-order valence-corrected chi connectivity index (χ0v) is 6.52. The molecule has 4 heteroatoms. The van der Waals surface area contributed by atoms with Crippen molar-refractivity contribution in [3.63, 3.8) is 0 Å². The lowest BCUT2D eigenvalue weighted by Gasteiger charge is -1.93. The molecule has 0 aromatic carbocycles. The Balaban J connectivity index is 2.80. The first-order valence-corrected chi connectivity index (χ1v) is 3.52. The van der Waals surface area contributed by atoms with Crippen molar-refractivity contribution >= 4 is 5.65 Å². The van der Waals surface area contributed by atoms with Gasteiger partial charge in [0.05, 0.1) is 23.7 Å². The van der Waals surface area contributed by atoms with Gasteiger partial charge in [-0.1, -0.05) is 0 Å². The molecular weight excluding hydrogens is 152 g/mol. The van der Waals surface area contributed by atoms with Gasteiger partial charge in [0.25, 0.3) is 0 Å². The van der Waals surface area contributed by atoms with E-state index in [4.69, 9.17) is 5.26 Å². The minimum absolute atomic E-state index is 0.535. The minimum Gasteiger partial charge on any atom is -0.235 e. The van der Waals surface area contributed by atoms with Crippen molar-refractivity contribution in [2.45, 2.75) is 6.92 Å². The number of aromatic nitrogens is 3. The van der Waals surface area contributed by atoms with E-state index >= 15 is 0 Å². The van der Waals surface area contributed by atoms with E-state index in [1.165, 1.54) is 6.20 Å². The first kappa shape index (κ1) is 6.80. The Morgan fingerprint density at radius 1 is 1.50 bits per heavy atom. The van der Waals surface area contributed by atoms with Crippen LogP contribution in [0, 0.1) is 18.3 Å². The summed E-state index contributed by atoms with van der Waals surface area (Å²) in [4.78, 5) is 4.08. The molecular formula is C8H6N4. The highest BCUT2D eigenvalue weighted by Gasteiger charge is 1.99. The summed E-state index contributed by atoms with van der Waals surface area (Å²) in [6, 6.07) is 3.72. The highest BCUT2D eigenvalue weighted by atomic mass is 15.2. The van der Waals surface area contributed by atoms with Crippen LogP contribution in [0.1, 0.15) is 11.3 Å². The van der Waals surface area contributed by atoms with Crippen LogP contribution < -0.4 is 0 Å². The van der Waals surface area contributed by atoms with Crippen LogP contribution in [0.5, 0.6) is 0 Å². The van der Waals surface area contributed by atoms with Gasteiger partial charge in [-0.05, 0) is 6.92 Å². The molecule has 0 spiro atoms. The molecule has 0 atom stereocenters. The van der Waals surface area contributed by atoms with E-state index in [0.717, 1.165) is 5.69 Å². The second-order valence-corrected chi connectivity index (χ2v) is 2.53. The molecule has 2 aromatic rings. The Morgan fingerprint density at radius 3 is 3.08 bits per heavy atom. The number of aryl methyl sites for hydroxylation is 1. The van der Waals surface area contributed by atoms with Crippen molar-refractivity contribution in [2.24, 2.45) is 0 Å². The number of nitriles is 1. The molecule has 0 amide bonds. The minimum atomic E-state index is 0.535. The van der Waals surface area contributed by atoms with E-state index in [-0.39, 0.29) is 0 Å². The van der Waals surface area contributed by atoms with Crippen molar-refractivity contribution in [3.05, 3.63) is 29.7 Å². The van der Waals surface area contributed by atoms with Crippen LogP contribution in [0.4, 0.5) is 0 Å². The molecule has 2 rings (SSSR count). The van der Waals surface area contributed by atoms with Gasteiger partial charge in [-0.25, -0.2) is 9.50 Å². The molecule has 0 radical (unpaired) electrons. The number of nitrogens with zero attached hydrogens (tertiary/aromatic N) is 4. The number of hydrogen-bond donors (Lipinski definition) is 0. The lowest BCUT2D eigenvalue weighted by Crippen LogP contribution is -1.93. The Labute approximate surface area is 69.1 Å². The Bertz CT molecular complexity index is 463. The van der Waals surface area contributed by atoms with Gasteiger partial charge in [-0.15, -0.1) is 0 Å². The van der Waals surface area contributed by atoms with Crippen molar-refractivity contribution < 1.29 is 0 Å². The van der Waals surface area contributed by atoms with Gasteiger partial charge in [-0.3, -0.25) is 0 Å². The van der Waals surface area contributed by atoms with Crippen molar-refractivity contribution in [3.8, 4) is 6.07 Å². The van der Waals surface area contributed by atoms with E-state index in [9.17, 15) is 0 Å². The molecule has 0 aliphatic rings. The third-order valence-corrected chi connectivity index (χ3v) is 1.66. The molecule has 4 nitrogen and oxygen atoms in total. The largest absolute Gasteiger partial charge is 0.235 e. The first-order valence-electron chi connectivity index (χ1n) is 3.52. The molecule has 0 aliphatic heterocycles. The molecule has 0 fully saturated rings. The monoisotopic (exact) mass is 158 g/mol. The van der Waals surface area contributed by atoms with E-state index < -0.39 is 0 Å². The summed E-state index contributed by atoms with van der Waals surface area (Å²) in [5.41, 5.74) is 2.22. The summed E-state index contributed by atoms with van der Waals surface area (Å²) in [5.74, 6) is 0. The standard InChI is InChI=1S/C8H6N4/c1-6-4-10-8-2-7(3-9)5-11-12(6)8/h2,4-5H,1H3. The fourth-order valence-corrected chi connectivity index (χ4v) is 1.06. The first-order chi connectivity index (χ1) is 5.81. The lowest BCUT2D eigenvalue weighted by atomic mass is 10.3. The molecule has 2 heterocycles. The number of fused-ring (bicyclic) bond motifs is 1. The third-order valence-electron chi connectivity index (χ3n) is 1.66. The average Bonchev–Trinajstić information content (AvgIpc) is 2.47. The van der Waals surface area contributed by atoms with E-state index in [1.807, 2.05) is 13.0 Å². The maximum atomic E-state index is 8.58. The number of hydrogen-bond acceptors (Lipinski definition) is 3. The summed E-state index contributed by atoms with van der Waals surface area (Å²) in [6.45, 7) is 1.92. The fourth-order valence-electron chi connectivity index (χ4n) is 1.06. The predicted molar refractivity (Wildman–Crippen MR) is 42.4 cm³/mol. The third kappa shape index (κ3) is 0.839. The maximum Gasteiger partial charge on any atom is 0.155 e. The van der Waals surface area contributed by atoms with Gasteiger partial charge >= 0.3 is 0 Å². The maximum absolute atomic E-state index is 8.58. The second kappa shape index (κ2) is 2.31. The molecule has 12 heavy (non-hydrogen) atoms. The van der Waals surface area contributed by atoms with Crippen LogP contribution in [0.3, 0.4) is 0 Å². The highest BCUT2D eigenvalue weighted by Crippen LogP contribution is 2.04. The topological polar surface area (TPSA) is 54.0 Å². The molecule has 0 N–H and O–H groups in total. The number of rotatable bonds is 0. The quantitative estimate of drug-likeness (QED) is 0.572. The van der Waals surface area contributed by atoms with Gasteiger partial charge in [0, 0.05) is 6.07 Å². The van der Waals surface area contributed by atoms with Gasteiger partial charge in [0.1, 0.15) is 6.07 Å².